The van der Waals surface area contributed by atoms with Gasteiger partial charge in [0.25, 0.3) is 0 Å². The first-order valence-electron chi connectivity index (χ1n) is 10.1. The van der Waals surface area contributed by atoms with Gasteiger partial charge >= 0.3 is 0 Å². The van der Waals surface area contributed by atoms with Gasteiger partial charge in [0.2, 0.25) is 0 Å². The summed E-state index contributed by atoms with van der Waals surface area (Å²) in [6, 6.07) is 7.36. The molecule has 1 atom stereocenters. The van der Waals surface area contributed by atoms with Gasteiger partial charge in [0.1, 0.15) is 0 Å². The molecule has 2 aromatic rings. The molecule has 0 amide bonds. The van der Waals surface area contributed by atoms with Crippen LogP contribution in [0.4, 0.5) is 0 Å². The molecule has 0 bridgehead atoms. The van der Waals surface area contributed by atoms with Crippen molar-refractivity contribution in [3.63, 3.8) is 0 Å². The molecule has 2 heterocycles. The Kier molecular flexibility index (Phi) is 5.14. The Balaban J connectivity index is 1.64. The van der Waals surface area contributed by atoms with E-state index in [0.29, 0.717) is 0 Å². The van der Waals surface area contributed by atoms with Gasteiger partial charge in [-0.15, -0.1) is 0 Å². The molecule has 2 aliphatic carbocycles. The molecule has 5 heteroatoms. The molecule has 0 spiro atoms. The minimum atomic E-state index is 0.263. The van der Waals surface area contributed by atoms with E-state index in [0.717, 1.165) is 49.4 Å². The fourth-order valence-corrected chi connectivity index (χ4v) is 6.12. The van der Waals surface area contributed by atoms with Crippen molar-refractivity contribution >= 4 is 31.9 Å². The highest BCUT2D eigenvalue weighted by molar-refractivity contribution is 9.10. The van der Waals surface area contributed by atoms with Crippen molar-refractivity contribution in [3.05, 3.63) is 61.3 Å². The molecule has 1 N–H and O–H groups in total. The van der Waals surface area contributed by atoms with Crippen LogP contribution in [-0.4, -0.2) is 36.1 Å². The van der Waals surface area contributed by atoms with Crippen LogP contribution in [0.15, 0.2) is 33.3 Å². The van der Waals surface area contributed by atoms with Crippen molar-refractivity contribution in [1.29, 1.82) is 0 Å². The third-order valence-electron chi connectivity index (χ3n) is 6.54. The third-order valence-corrected chi connectivity index (χ3v) is 7.91. The van der Waals surface area contributed by atoms with Crippen LogP contribution in [0.3, 0.4) is 0 Å². The van der Waals surface area contributed by atoms with Gasteiger partial charge in [-0.2, -0.15) is 0 Å². The quantitative estimate of drug-likeness (QED) is 0.644. The van der Waals surface area contributed by atoms with Crippen LogP contribution in [0.5, 0.6) is 0 Å². The Morgan fingerprint density at radius 3 is 2.56 bits per heavy atom. The number of pyridine rings is 1. The lowest BCUT2D eigenvalue weighted by atomic mass is 9.78. The first-order chi connectivity index (χ1) is 13.2. The molecule has 2 fully saturated rings. The second-order valence-corrected chi connectivity index (χ2v) is 9.76. The average Bonchev–Trinajstić information content (AvgIpc) is 2.80. The zero-order chi connectivity index (χ0) is 18.4. The van der Waals surface area contributed by atoms with Crippen molar-refractivity contribution in [1.82, 2.24) is 15.2 Å². The van der Waals surface area contributed by atoms with Crippen molar-refractivity contribution < 1.29 is 0 Å². The van der Waals surface area contributed by atoms with Crippen LogP contribution in [0, 0.1) is 0 Å². The Bertz CT molecular complexity index is 857. The average molecular weight is 491 g/mol. The van der Waals surface area contributed by atoms with E-state index in [1.165, 1.54) is 51.7 Å². The number of piperazine rings is 1. The summed E-state index contributed by atoms with van der Waals surface area (Å²) in [6.45, 7) is 4.25. The summed E-state index contributed by atoms with van der Waals surface area (Å²) in [4.78, 5) is 7.55. The van der Waals surface area contributed by atoms with E-state index >= 15 is 0 Å². The second-order valence-electron chi connectivity index (χ2n) is 8.05. The molecule has 1 saturated heterocycles. The van der Waals surface area contributed by atoms with Crippen molar-refractivity contribution in [3.8, 4) is 0 Å². The number of hydrogen-bond acceptors (Lipinski definition) is 3. The van der Waals surface area contributed by atoms with Gasteiger partial charge < -0.3 is 5.32 Å². The summed E-state index contributed by atoms with van der Waals surface area (Å²) in [5.41, 5.74) is 7.14. The summed E-state index contributed by atoms with van der Waals surface area (Å²) < 4.78 is 2.46. The number of fused-ring (bicyclic) bond motifs is 2. The molecule has 1 saturated carbocycles. The molecule has 1 unspecified atom stereocenters. The summed E-state index contributed by atoms with van der Waals surface area (Å²) in [5.74, 6) is 0.750. The SMILES string of the molecule is Brc1cnc2c(c1)CCc1c(ccc(C3CCC3)c1Br)C2N1CCNCC1. The Labute approximate surface area is 178 Å². The van der Waals surface area contributed by atoms with Gasteiger partial charge in [0, 0.05) is 41.3 Å². The third kappa shape index (κ3) is 3.31. The monoisotopic (exact) mass is 489 g/mol. The maximum absolute atomic E-state index is 4.92. The van der Waals surface area contributed by atoms with E-state index in [9.17, 15) is 0 Å². The molecule has 3 nitrogen and oxygen atoms in total. The number of aromatic nitrogens is 1. The molecule has 3 aliphatic rings. The Morgan fingerprint density at radius 1 is 1.04 bits per heavy atom. The lowest BCUT2D eigenvalue weighted by molar-refractivity contribution is 0.195. The van der Waals surface area contributed by atoms with Crippen molar-refractivity contribution in [2.45, 2.75) is 44.1 Å². The van der Waals surface area contributed by atoms with Gasteiger partial charge in [0.15, 0.2) is 0 Å². The summed E-state index contributed by atoms with van der Waals surface area (Å²) >= 11 is 7.66. The van der Waals surface area contributed by atoms with Crippen LogP contribution >= 0.6 is 31.9 Å². The lowest BCUT2D eigenvalue weighted by Crippen LogP contribution is -2.45. The summed E-state index contributed by atoms with van der Waals surface area (Å²) in [7, 11) is 0. The number of hydrogen-bond donors (Lipinski definition) is 1. The lowest BCUT2D eigenvalue weighted by Gasteiger charge is -2.36. The number of aryl methyl sites for hydroxylation is 1. The highest BCUT2D eigenvalue weighted by Gasteiger charge is 2.33. The van der Waals surface area contributed by atoms with Crippen LogP contribution < -0.4 is 5.32 Å². The standard InChI is InChI=1S/C22H25Br2N3/c23-16-12-15-4-5-18-19(7-6-17(20(18)24)14-2-1-3-14)22(21(15)26-13-16)27-10-8-25-9-11-27/h6-7,12-14,22,25H,1-5,8-11H2. The number of halogens is 2. The predicted molar refractivity (Wildman–Crippen MR) is 116 cm³/mol. The fraction of sp³-hybridized carbons (Fsp3) is 0.500. The molecule has 142 valence electrons. The zero-order valence-corrected chi connectivity index (χ0v) is 18.7. The fourth-order valence-electron chi connectivity index (χ4n) is 4.85. The van der Waals surface area contributed by atoms with E-state index in [-0.39, 0.29) is 6.04 Å². The van der Waals surface area contributed by atoms with Crippen LogP contribution in [0.25, 0.3) is 0 Å². The molecule has 27 heavy (non-hydrogen) atoms. The minimum absolute atomic E-state index is 0.263. The van der Waals surface area contributed by atoms with E-state index in [2.05, 4.69) is 60.3 Å². The van der Waals surface area contributed by atoms with Gasteiger partial charge in [-0.25, -0.2) is 0 Å². The van der Waals surface area contributed by atoms with Crippen LogP contribution in [0.2, 0.25) is 0 Å². The molecule has 5 rings (SSSR count). The van der Waals surface area contributed by atoms with E-state index < -0.39 is 0 Å². The van der Waals surface area contributed by atoms with E-state index in [1.807, 2.05) is 6.20 Å². The van der Waals surface area contributed by atoms with E-state index in [4.69, 9.17) is 4.98 Å². The van der Waals surface area contributed by atoms with Gasteiger partial charge in [-0.3, -0.25) is 9.88 Å². The molecular weight excluding hydrogens is 466 g/mol. The maximum atomic E-state index is 4.92. The van der Waals surface area contributed by atoms with E-state index in [1.54, 1.807) is 0 Å². The molecule has 1 aromatic heterocycles. The highest BCUT2D eigenvalue weighted by Crippen LogP contribution is 2.45. The molecule has 1 aliphatic heterocycles. The first-order valence-corrected chi connectivity index (χ1v) is 11.7. The normalized spacial score (nSPS) is 23.3. The molecule has 0 radical (unpaired) electrons. The summed E-state index contributed by atoms with van der Waals surface area (Å²) in [5, 5.41) is 3.50. The summed E-state index contributed by atoms with van der Waals surface area (Å²) in [6.07, 6.45) is 8.17. The first kappa shape index (κ1) is 18.3. The number of benzene rings is 1. The maximum Gasteiger partial charge on any atom is 0.0783 e. The van der Waals surface area contributed by atoms with Crippen LogP contribution in [-0.2, 0) is 12.8 Å². The number of rotatable bonds is 2. The largest absolute Gasteiger partial charge is 0.314 e. The number of nitrogens with one attached hydrogen (secondary N) is 1. The number of nitrogens with zero attached hydrogens (tertiary/aromatic N) is 2. The molecule has 1 aromatic carbocycles. The van der Waals surface area contributed by atoms with Crippen LogP contribution in [0.1, 0.15) is 59.2 Å². The minimum Gasteiger partial charge on any atom is -0.314 e. The topological polar surface area (TPSA) is 28.2 Å². The van der Waals surface area contributed by atoms with Crippen molar-refractivity contribution in [2.75, 3.05) is 26.2 Å². The predicted octanol–water partition coefficient (Wildman–Crippen LogP) is 4.97. The Hall–Kier alpha value is -0.750. The van der Waals surface area contributed by atoms with Gasteiger partial charge in [0.05, 0.1) is 11.7 Å². The smallest absolute Gasteiger partial charge is 0.0783 e. The Morgan fingerprint density at radius 2 is 1.81 bits per heavy atom. The highest BCUT2D eigenvalue weighted by atomic mass is 79.9. The zero-order valence-electron chi connectivity index (χ0n) is 15.5. The van der Waals surface area contributed by atoms with Gasteiger partial charge in [-0.1, -0.05) is 34.5 Å². The van der Waals surface area contributed by atoms with Gasteiger partial charge in [-0.05, 0) is 75.9 Å². The molecular formula is C22H25Br2N3. The second kappa shape index (κ2) is 7.58. The van der Waals surface area contributed by atoms with Crippen molar-refractivity contribution in [2.24, 2.45) is 0 Å².